The molecule has 0 radical (unpaired) electrons. The fourth-order valence-corrected chi connectivity index (χ4v) is 2.16. The molecule has 1 heterocycles. The highest BCUT2D eigenvalue weighted by molar-refractivity contribution is 5.98. The minimum absolute atomic E-state index is 0. The van der Waals surface area contributed by atoms with E-state index in [1.54, 1.807) is 6.92 Å². The molecular formula is C13H20Cl2N8O2. The van der Waals surface area contributed by atoms with Crippen molar-refractivity contribution in [1.82, 2.24) is 9.78 Å². The summed E-state index contributed by atoms with van der Waals surface area (Å²) < 4.78 is 1.42. The number of carbonyl (C=O) groups is 2. The molecule has 12 heteroatoms. The Labute approximate surface area is 156 Å². The molecule has 2 aromatic rings. The summed E-state index contributed by atoms with van der Waals surface area (Å²) in [4.78, 5) is 22.8. The fraction of sp³-hybridized carbons (Fsp3) is 0.154. The largest absolute Gasteiger partial charge is 0.350 e. The van der Waals surface area contributed by atoms with Gasteiger partial charge in [0.05, 0.1) is 12.2 Å². The molecule has 1 aromatic carbocycles. The summed E-state index contributed by atoms with van der Waals surface area (Å²) in [7, 11) is 0. The minimum Gasteiger partial charge on any atom is -0.350 e. The maximum Gasteiger partial charge on any atom is 0.335 e. The normalized spacial score (nSPS) is 9.56. The van der Waals surface area contributed by atoms with Crippen molar-refractivity contribution < 1.29 is 9.59 Å². The van der Waals surface area contributed by atoms with Gasteiger partial charge in [0, 0.05) is 0 Å². The van der Waals surface area contributed by atoms with Crippen molar-refractivity contribution in [2.75, 3.05) is 10.0 Å². The number of aryl methyl sites for hydroxylation is 1. The topological polar surface area (TPSA) is 163 Å². The van der Waals surface area contributed by atoms with Crippen molar-refractivity contribution in [3.05, 3.63) is 41.6 Å². The Kier molecular flexibility index (Phi) is 8.16. The van der Waals surface area contributed by atoms with Crippen LogP contribution in [0.4, 0.5) is 21.1 Å². The molecular weight excluding hydrogens is 371 g/mol. The standard InChI is InChI=1S/C13H18N8O2.2ClH/c1-8-10(20(16)12(14)22)11(21(17)13(15)23)19(18-8)7-9-5-3-2-4-6-9;;/h2-6H,7,16-17H2,1H3,(H2,14,22)(H2,15,23);2*1H. The quantitative estimate of drug-likeness (QED) is 0.340. The molecule has 8 N–H and O–H groups in total. The Morgan fingerprint density at radius 2 is 1.56 bits per heavy atom. The van der Waals surface area contributed by atoms with Crippen molar-refractivity contribution >= 4 is 48.4 Å². The maximum atomic E-state index is 11.5. The lowest BCUT2D eigenvalue weighted by Crippen LogP contribution is -2.46. The molecule has 2 rings (SSSR count). The molecule has 0 saturated carbocycles. The molecule has 0 atom stereocenters. The zero-order valence-electron chi connectivity index (χ0n) is 13.3. The molecule has 0 aliphatic rings. The molecule has 0 aliphatic heterocycles. The molecule has 25 heavy (non-hydrogen) atoms. The number of carbonyl (C=O) groups excluding carboxylic acids is 2. The Bertz CT molecular complexity index is 737. The van der Waals surface area contributed by atoms with Gasteiger partial charge in [-0.2, -0.15) is 5.10 Å². The summed E-state index contributed by atoms with van der Waals surface area (Å²) >= 11 is 0. The van der Waals surface area contributed by atoms with E-state index in [1.807, 2.05) is 30.3 Å². The molecule has 0 saturated heterocycles. The van der Waals surface area contributed by atoms with E-state index >= 15 is 0 Å². The second-order valence-electron chi connectivity index (χ2n) is 4.82. The van der Waals surface area contributed by atoms with Crippen LogP contribution in [-0.4, -0.2) is 21.8 Å². The fourth-order valence-electron chi connectivity index (χ4n) is 2.16. The SMILES string of the molecule is Cc1nn(Cc2ccccc2)c(N(N)C(N)=O)c1N(N)C(N)=O.Cl.Cl. The number of urea groups is 2. The van der Waals surface area contributed by atoms with Crippen LogP contribution in [0, 0.1) is 6.92 Å². The molecule has 1 aromatic heterocycles. The number of nitrogens with zero attached hydrogens (tertiary/aromatic N) is 4. The van der Waals surface area contributed by atoms with E-state index in [2.05, 4.69) is 5.10 Å². The summed E-state index contributed by atoms with van der Waals surface area (Å²) in [5.41, 5.74) is 11.8. The van der Waals surface area contributed by atoms with Crippen molar-refractivity contribution in [1.29, 1.82) is 0 Å². The van der Waals surface area contributed by atoms with Crippen LogP contribution >= 0.6 is 24.8 Å². The number of nitrogens with two attached hydrogens (primary N) is 4. The van der Waals surface area contributed by atoms with Crippen molar-refractivity contribution in [2.45, 2.75) is 13.5 Å². The van der Waals surface area contributed by atoms with Gasteiger partial charge in [-0.25, -0.2) is 36.0 Å². The first-order chi connectivity index (χ1) is 10.8. The Morgan fingerprint density at radius 3 is 2.04 bits per heavy atom. The van der Waals surface area contributed by atoms with Gasteiger partial charge < -0.3 is 11.5 Å². The molecule has 138 valence electrons. The molecule has 0 unspecified atom stereocenters. The third-order valence-electron chi connectivity index (χ3n) is 3.19. The monoisotopic (exact) mass is 390 g/mol. The van der Waals surface area contributed by atoms with Gasteiger partial charge in [0.1, 0.15) is 5.69 Å². The van der Waals surface area contributed by atoms with E-state index in [9.17, 15) is 9.59 Å². The van der Waals surface area contributed by atoms with Gasteiger partial charge in [-0.15, -0.1) is 24.8 Å². The second-order valence-corrected chi connectivity index (χ2v) is 4.82. The second kappa shape index (κ2) is 9.08. The number of anilines is 2. The third-order valence-corrected chi connectivity index (χ3v) is 3.19. The number of primary amides is 2. The average Bonchev–Trinajstić information content (AvgIpc) is 2.82. The van der Waals surface area contributed by atoms with Gasteiger partial charge >= 0.3 is 12.1 Å². The van der Waals surface area contributed by atoms with Crippen LogP contribution in [0.25, 0.3) is 0 Å². The van der Waals surface area contributed by atoms with Crippen LogP contribution in [0.15, 0.2) is 30.3 Å². The highest BCUT2D eigenvalue weighted by Gasteiger charge is 2.27. The van der Waals surface area contributed by atoms with Gasteiger partial charge in [0.2, 0.25) is 0 Å². The number of amides is 4. The first kappa shape index (κ1) is 22.5. The van der Waals surface area contributed by atoms with Crippen LogP contribution in [0.3, 0.4) is 0 Å². The summed E-state index contributed by atoms with van der Waals surface area (Å²) in [5.74, 6) is 11.4. The highest BCUT2D eigenvalue weighted by Crippen LogP contribution is 2.30. The van der Waals surface area contributed by atoms with E-state index in [0.717, 1.165) is 5.56 Å². The lowest BCUT2D eigenvalue weighted by molar-refractivity contribution is 0.252. The van der Waals surface area contributed by atoms with Crippen LogP contribution < -0.4 is 33.2 Å². The summed E-state index contributed by atoms with van der Waals surface area (Å²) in [6.45, 7) is 1.91. The molecule has 0 fully saturated rings. The van der Waals surface area contributed by atoms with E-state index < -0.39 is 12.1 Å². The zero-order valence-corrected chi connectivity index (χ0v) is 15.0. The lowest BCUT2D eigenvalue weighted by Gasteiger charge is -2.21. The number of benzene rings is 1. The minimum atomic E-state index is -0.932. The maximum absolute atomic E-state index is 11.5. The van der Waals surface area contributed by atoms with Gasteiger partial charge in [-0.05, 0) is 12.5 Å². The van der Waals surface area contributed by atoms with Crippen LogP contribution in [0.5, 0.6) is 0 Å². The number of hydrazine groups is 2. The van der Waals surface area contributed by atoms with Gasteiger partial charge in [-0.1, -0.05) is 30.3 Å². The molecule has 10 nitrogen and oxygen atoms in total. The van der Waals surface area contributed by atoms with Gasteiger partial charge in [0.15, 0.2) is 5.82 Å². The van der Waals surface area contributed by atoms with Crippen molar-refractivity contribution in [2.24, 2.45) is 23.2 Å². The number of hydrogen-bond donors (Lipinski definition) is 4. The Balaban J connectivity index is 0.00000288. The summed E-state index contributed by atoms with van der Waals surface area (Å²) in [6.07, 6.45) is 0. The molecule has 0 spiro atoms. The first-order valence-electron chi connectivity index (χ1n) is 6.62. The average molecular weight is 391 g/mol. The molecule has 4 amide bonds. The number of hydrogen-bond acceptors (Lipinski definition) is 5. The molecule has 0 aliphatic carbocycles. The number of aromatic nitrogens is 2. The smallest absolute Gasteiger partial charge is 0.335 e. The highest BCUT2D eigenvalue weighted by atomic mass is 35.5. The van der Waals surface area contributed by atoms with Crippen LogP contribution in [0.2, 0.25) is 0 Å². The van der Waals surface area contributed by atoms with E-state index in [1.165, 1.54) is 4.68 Å². The predicted molar refractivity (Wildman–Crippen MR) is 99.5 cm³/mol. The first-order valence-corrected chi connectivity index (χ1v) is 6.62. The third kappa shape index (κ3) is 4.73. The predicted octanol–water partition coefficient (Wildman–Crippen LogP) is 0.601. The zero-order chi connectivity index (χ0) is 17.1. The van der Waals surface area contributed by atoms with E-state index in [4.69, 9.17) is 23.2 Å². The Morgan fingerprint density at radius 1 is 1.04 bits per heavy atom. The lowest BCUT2D eigenvalue weighted by atomic mass is 10.2. The number of rotatable bonds is 4. The van der Waals surface area contributed by atoms with Crippen LogP contribution in [0.1, 0.15) is 11.3 Å². The van der Waals surface area contributed by atoms with E-state index in [0.29, 0.717) is 22.3 Å². The van der Waals surface area contributed by atoms with Gasteiger partial charge in [-0.3, -0.25) is 0 Å². The molecule has 0 bridgehead atoms. The van der Waals surface area contributed by atoms with Crippen molar-refractivity contribution in [3.63, 3.8) is 0 Å². The Hall–Kier alpha value is -2.53. The van der Waals surface area contributed by atoms with Gasteiger partial charge in [0.25, 0.3) is 0 Å². The van der Waals surface area contributed by atoms with Crippen molar-refractivity contribution in [3.8, 4) is 0 Å². The van der Waals surface area contributed by atoms with E-state index in [-0.39, 0.29) is 36.3 Å². The summed E-state index contributed by atoms with van der Waals surface area (Å²) in [5, 5.41) is 5.61. The number of halogens is 2. The van der Waals surface area contributed by atoms with Crippen LogP contribution in [-0.2, 0) is 6.54 Å². The summed E-state index contributed by atoms with van der Waals surface area (Å²) in [6, 6.07) is 7.49.